The number of ether oxygens (including phenoxy) is 2. The van der Waals surface area contributed by atoms with Crippen molar-refractivity contribution in [2.24, 2.45) is 0 Å². The highest BCUT2D eigenvalue weighted by Crippen LogP contribution is 2.36. The third-order valence-electron chi connectivity index (χ3n) is 11.7. The lowest BCUT2D eigenvalue weighted by Crippen LogP contribution is -2.48. The molecule has 0 unspecified atom stereocenters. The fourth-order valence-corrected chi connectivity index (χ4v) is 8.65. The van der Waals surface area contributed by atoms with E-state index in [0.717, 1.165) is 52.0 Å². The Hall–Kier alpha value is -7.42. The molecule has 2 aromatic heterocycles. The molecule has 8 rings (SSSR count). The minimum absolute atomic E-state index is 0.214. The largest absolute Gasteiger partial charge is 0.447 e. The van der Waals surface area contributed by atoms with Gasteiger partial charge in [0.1, 0.15) is 18.1 Å². The van der Waals surface area contributed by atoms with Crippen LogP contribution in [0.25, 0.3) is 33.4 Å². The van der Waals surface area contributed by atoms with Crippen LogP contribution in [0.5, 0.6) is 0 Å². The van der Waals surface area contributed by atoms with Crippen LogP contribution in [0.4, 0.5) is 15.3 Å². The molecule has 2 fully saturated rings. The van der Waals surface area contributed by atoms with Gasteiger partial charge in [-0.3, -0.25) is 19.5 Å². The van der Waals surface area contributed by atoms with E-state index in [0.29, 0.717) is 42.7 Å². The second kappa shape index (κ2) is 19.5. The Morgan fingerprint density at radius 1 is 0.662 bits per heavy atom. The summed E-state index contributed by atoms with van der Waals surface area (Å²) in [6.07, 6.45) is 0.644. The van der Waals surface area contributed by atoms with Crippen LogP contribution in [-0.2, 0) is 23.9 Å². The number of benzene rings is 4. The first-order valence-corrected chi connectivity index (χ1v) is 22.2. The van der Waals surface area contributed by atoms with Gasteiger partial charge in [0.2, 0.25) is 11.8 Å². The minimum Gasteiger partial charge on any atom is -0.447 e. The zero-order chi connectivity index (χ0) is 45.6. The van der Waals surface area contributed by atoms with Gasteiger partial charge in [-0.1, -0.05) is 84.9 Å². The lowest BCUT2D eigenvalue weighted by Gasteiger charge is -2.29. The summed E-state index contributed by atoms with van der Waals surface area (Å²) in [6.45, 7) is 7.92. The number of nitrogens with zero attached hydrogens (tertiary/aromatic N) is 3. The number of anilines is 1. The van der Waals surface area contributed by atoms with Gasteiger partial charge >= 0.3 is 12.2 Å². The summed E-state index contributed by atoms with van der Waals surface area (Å²) in [5.74, 6) is -0.891. The normalized spacial score (nSPS) is 17.0. The van der Waals surface area contributed by atoms with E-state index < -0.39 is 30.3 Å². The maximum Gasteiger partial charge on any atom is 0.408 e. The van der Waals surface area contributed by atoms with Crippen molar-refractivity contribution in [3.8, 4) is 22.5 Å². The van der Waals surface area contributed by atoms with Crippen molar-refractivity contribution in [1.82, 2.24) is 35.6 Å². The molecule has 0 bridgehead atoms. The summed E-state index contributed by atoms with van der Waals surface area (Å²) in [5.41, 5.74) is 7.05. The summed E-state index contributed by atoms with van der Waals surface area (Å²) < 4.78 is 10.6. The van der Waals surface area contributed by atoms with Gasteiger partial charge in [0.15, 0.2) is 0 Å². The first kappa shape index (κ1) is 44.2. The molecule has 4 aromatic carbocycles. The number of alkyl carbamates (subject to hydrolysis) is 2. The molecule has 5 amide bonds. The van der Waals surface area contributed by atoms with Crippen LogP contribution < -0.4 is 16.0 Å². The topological polar surface area (TPSA) is 191 Å². The van der Waals surface area contributed by atoms with E-state index in [4.69, 9.17) is 9.47 Å². The molecule has 15 nitrogen and oxygen atoms in total. The molecule has 6 aromatic rings. The summed E-state index contributed by atoms with van der Waals surface area (Å²) in [5, 5.41) is 17.2. The highest BCUT2D eigenvalue weighted by Gasteiger charge is 2.39. The van der Waals surface area contributed by atoms with Crippen molar-refractivity contribution >= 4 is 46.5 Å². The van der Waals surface area contributed by atoms with Crippen molar-refractivity contribution in [2.45, 2.75) is 89.8 Å². The Labute approximate surface area is 377 Å². The number of nitrogens with one attached hydrogen (secondary N) is 5. The number of carbonyl (C=O) groups excluding carboxylic acids is 5. The fourth-order valence-electron chi connectivity index (χ4n) is 8.65. The molecular formula is C50H54N8O7. The minimum atomic E-state index is -1.01. The lowest BCUT2D eigenvalue weighted by molar-refractivity contribution is -0.138. The van der Waals surface area contributed by atoms with Crippen LogP contribution >= 0.6 is 0 Å². The van der Waals surface area contributed by atoms with Gasteiger partial charge in [0.05, 0.1) is 29.6 Å². The molecule has 0 radical (unpaired) electrons. The molecule has 2 aliphatic rings. The van der Waals surface area contributed by atoms with Crippen molar-refractivity contribution in [3.05, 3.63) is 132 Å². The number of H-pyrrole nitrogens is 2. The Morgan fingerprint density at radius 3 is 1.85 bits per heavy atom. The quantitative estimate of drug-likeness (QED) is 0.0762. The second-order valence-electron chi connectivity index (χ2n) is 17.0. The highest BCUT2D eigenvalue weighted by molar-refractivity contribution is 6.00. The fraction of sp³-hybridized carbons (Fsp3) is 0.320. The standard InChI is InChI=1S/C50H54N8O7/c1-30(2)64-49(62)53-44(34-13-7-5-8-14-34)47(60)57-25-11-17-42(57)41-29-40(55-56-41)33-21-19-32(20-22-33)39-28-36-27-37(23-24-38(36)52-39)51-46(59)43-18-12-26-58(43)48(61)45(35-15-9-6-10-16-35)54-50(63)65-31(3)4/h5-10,13-16,19-24,27-31,42-45,52H,11-12,17-18,25-26H2,1-4H3,(H,51,59)(H,53,62)(H,54,63)(H,55,56)/t42-,43-,44+,45+/m0/s1. The molecule has 65 heavy (non-hydrogen) atoms. The van der Waals surface area contributed by atoms with Crippen LogP contribution in [0.15, 0.2) is 115 Å². The zero-order valence-electron chi connectivity index (χ0n) is 36.9. The van der Waals surface area contributed by atoms with Crippen molar-refractivity contribution in [3.63, 3.8) is 0 Å². The van der Waals surface area contributed by atoms with Gasteiger partial charge in [-0.15, -0.1) is 0 Å². The van der Waals surface area contributed by atoms with Crippen LogP contribution in [0, 0.1) is 0 Å². The number of fused-ring (bicyclic) bond motifs is 1. The molecule has 15 heteroatoms. The molecule has 0 saturated carbocycles. The molecular weight excluding hydrogens is 825 g/mol. The molecule has 0 spiro atoms. The Kier molecular flexibility index (Phi) is 13.3. The Bertz CT molecular complexity index is 2640. The van der Waals surface area contributed by atoms with E-state index >= 15 is 0 Å². The number of likely N-dealkylation sites (tertiary alicyclic amines) is 2. The predicted molar refractivity (Wildman–Crippen MR) is 246 cm³/mol. The van der Waals surface area contributed by atoms with Gasteiger partial charge in [-0.25, -0.2) is 9.59 Å². The molecule has 336 valence electrons. The van der Waals surface area contributed by atoms with E-state index in [1.165, 1.54) is 0 Å². The number of amides is 5. The average molecular weight is 879 g/mol. The van der Waals surface area contributed by atoms with Gasteiger partial charge < -0.3 is 40.2 Å². The van der Waals surface area contributed by atoms with Crippen LogP contribution in [0.3, 0.4) is 0 Å². The zero-order valence-corrected chi connectivity index (χ0v) is 36.9. The first-order valence-electron chi connectivity index (χ1n) is 22.2. The number of hydrogen-bond donors (Lipinski definition) is 5. The van der Waals surface area contributed by atoms with Gasteiger partial charge in [-0.2, -0.15) is 5.10 Å². The summed E-state index contributed by atoms with van der Waals surface area (Å²) in [6, 6.07) is 32.9. The average Bonchev–Trinajstić information content (AvgIpc) is 4.14. The summed E-state index contributed by atoms with van der Waals surface area (Å²) >= 11 is 0. The van der Waals surface area contributed by atoms with Crippen LogP contribution in [0.1, 0.15) is 88.3 Å². The maximum absolute atomic E-state index is 14.1. The van der Waals surface area contributed by atoms with E-state index in [-0.39, 0.29) is 36.0 Å². The molecule has 0 aliphatic carbocycles. The highest BCUT2D eigenvalue weighted by atomic mass is 16.6. The number of rotatable bonds is 13. The van der Waals surface area contributed by atoms with Crippen molar-refractivity contribution in [2.75, 3.05) is 18.4 Å². The SMILES string of the molecule is CC(C)OC(=O)N[C@@H](C(=O)N1CCC[C@H]1C(=O)Nc1ccc2[nH]c(-c3ccc(-c4cc([C@@H]5CCCN5C(=O)[C@H](NC(=O)OC(C)C)c5ccccc5)[nH]n4)cc3)cc2c1)c1ccccc1. The Balaban J connectivity index is 0.926. The van der Waals surface area contributed by atoms with Gasteiger partial charge in [-0.05, 0) is 100 Å². The van der Waals surface area contributed by atoms with E-state index in [1.54, 1.807) is 61.8 Å². The first-order chi connectivity index (χ1) is 31.4. The summed E-state index contributed by atoms with van der Waals surface area (Å²) in [4.78, 5) is 74.0. The van der Waals surface area contributed by atoms with Crippen molar-refractivity contribution < 1.29 is 33.4 Å². The van der Waals surface area contributed by atoms with E-state index in [2.05, 4.69) is 31.1 Å². The number of hydrogen-bond acceptors (Lipinski definition) is 8. The van der Waals surface area contributed by atoms with Crippen molar-refractivity contribution in [1.29, 1.82) is 0 Å². The van der Waals surface area contributed by atoms with Crippen LogP contribution in [-0.4, -0.2) is 86.2 Å². The van der Waals surface area contributed by atoms with E-state index in [9.17, 15) is 24.0 Å². The smallest absolute Gasteiger partial charge is 0.408 e. The number of carbonyl (C=O) groups is 5. The lowest BCUT2D eigenvalue weighted by atomic mass is 10.0. The second-order valence-corrected chi connectivity index (χ2v) is 17.0. The molecule has 4 heterocycles. The van der Waals surface area contributed by atoms with Gasteiger partial charge in [0, 0.05) is 40.9 Å². The number of aromatic amines is 2. The number of aromatic nitrogens is 3. The molecule has 4 atom stereocenters. The van der Waals surface area contributed by atoms with Crippen LogP contribution in [0.2, 0.25) is 0 Å². The van der Waals surface area contributed by atoms with Gasteiger partial charge in [0.25, 0.3) is 5.91 Å². The third kappa shape index (κ3) is 10.2. The molecule has 5 N–H and O–H groups in total. The molecule has 2 saturated heterocycles. The summed E-state index contributed by atoms with van der Waals surface area (Å²) in [7, 11) is 0. The maximum atomic E-state index is 14.1. The third-order valence-corrected chi connectivity index (χ3v) is 11.7. The monoisotopic (exact) mass is 878 g/mol. The molecule has 2 aliphatic heterocycles. The van der Waals surface area contributed by atoms with E-state index in [1.807, 2.05) is 91.0 Å². The predicted octanol–water partition coefficient (Wildman–Crippen LogP) is 8.57. The Morgan fingerprint density at radius 2 is 1.23 bits per heavy atom.